The van der Waals surface area contributed by atoms with Gasteiger partial charge >= 0.3 is 5.97 Å². The normalized spacial score (nSPS) is 10.7. The molecular weight excluding hydrogens is 366 g/mol. The van der Waals surface area contributed by atoms with Gasteiger partial charge in [-0.05, 0) is 36.8 Å². The predicted molar refractivity (Wildman–Crippen MR) is 94.3 cm³/mol. The van der Waals surface area contributed by atoms with E-state index in [9.17, 15) is 9.18 Å². The number of hydrogen-bond donors (Lipinski definition) is 0. The van der Waals surface area contributed by atoms with E-state index >= 15 is 0 Å². The maximum Gasteiger partial charge on any atom is 0.347 e. The SMILES string of the molecule is CCc1cc(OC(=O)c2ccccc2F)n(-c2ccc(Cl)c(Cl)c2)n1. The summed E-state index contributed by atoms with van der Waals surface area (Å²) in [6.45, 7) is 1.92. The number of halogens is 3. The Morgan fingerprint density at radius 3 is 2.60 bits per heavy atom. The van der Waals surface area contributed by atoms with Gasteiger partial charge < -0.3 is 4.74 Å². The molecule has 0 spiro atoms. The molecule has 4 nitrogen and oxygen atoms in total. The summed E-state index contributed by atoms with van der Waals surface area (Å²) in [4.78, 5) is 12.3. The van der Waals surface area contributed by atoms with Crippen LogP contribution in [0.4, 0.5) is 4.39 Å². The lowest BCUT2D eigenvalue weighted by Gasteiger charge is -2.09. The van der Waals surface area contributed by atoms with Crippen LogP contribution in [-0.2, 0) is 6.42 Å². The average Bonchev–Trinajstić information content (AvgIpc) is 3.00. The van der Waals surface area contributed by atoms with Crippen molar-refractivity contribution in [2.75, 3.05) is 0 Å². The number of esters is 1. The lowest BCUT2D eigenvalue weighted by atomic mass is 10.2. The Balaban J connectivity index is 1.99. The minimum absolute atomic E-state index is 0.151. The van der Waals surface area contributed by atoms with Crippen molar-refractivity contribution in [3.63, 3.8) is 0 Å². The summed E-state index contributed by atoms with van der Waals surface area (Å²) in [6.07, 6.45) is 0.637. The number of aromatic nitrogens is 2. The van der Waals surface area contributed by atoms with Crippen molar-refractivity contribution >= 4 is 29.2 Å². The first-order valence-electron chi connectivity index (χ1n) is 7.50. The zero-order valence-corrected chi connectivity index (χ0v) is 14.7. The summed E-state index contributed by atoms with van der Waals surface area (Å²) in [5.41, 5.74) is 1.13. The van der Waals surface area contributed by atoms with E-state index in [4.69, 9.17) is 27.9 Å². The number of rotatable bonds is 4. The van der Waals surface area contributed by atoms with E-state index in [1.54, 1.807) is 30.3 Å². The molecule has 0 aliphatic carbocycles. The van der Waals surface area contributed by atoms with Crippen molar-refractivity contribution in [3.05, 3.63) is 75.7 Å². The van der Waals surface area contributed by atoms with Gasteiger partial charge in [-0.1, -0.05) is 42.3 Å². The second-order valence-electron chi connectivity index (χ2n) is 5.21. The average molecular weight is 379 g/mol. The quantitative estimate of drug-likeness (QED) is 0.593. The molecule has 0 saturated heterocycles. The Labute approximate surface area is 153 Å². The van der Waals surface area contributed by atoms with Crippen molar-refractivity contribution in [1.82, 2.24) is 9.78 Å². The second-order valence-corrected chi connectivity index (χ2v) is 6.02. The molecule has 1 aromatic heterocycles. The van der Waals surface area contributed by atoms with Crippen LogP contribution in [0.3, 0.4) is 0 Å². The highest BCUT2D eigenvalue weighted by Gasteiger charge is 2.18. The summed E-state index contributed by atoms with van der Waals surface area (Å²) in [5.74, 6) is -1.28. The monoisotopic (exact) mass is 378 g/mol. The Bertz CT molecular complexity index is 941. The minimum Gasteiger partial charge on any atom is -0.404 e. The summed E-state index contributed by atoms with van der Waals surface area (Å²) < 4.78 is 20.6. The van der Waals surface area contributed by atoms with Crippen LogP contribution in [0.1, 0.15) is 23.0 Å². The Kier molecular flexibility index (Phi) is 5.06. The zero-order chi connectivity index (χ0) is 18.0. The highest BCUT2D eigenvalue weighted by atomic mass is 35.5. The van der Waals surface area contributed by atoms with Crippen LogP contribution in [0, 0.1) is 5.82 Å². The van der Waals surface area contributed by atoms with E-state index in [0.717, 1.165) is 0 Å². The molecule has 0 atom stereocenters. The third kappa shape index (κ3) is 3.67. The maximum atomic E-state index is 13.8. The molecule has 0 amide bonds. The Hall–Kier alpha value is -2.37. The highest BCUT2D eigenvalue weighted by molar-refractivity contribution is 6.42. The van der Waals surface area contributed by atoms with Crippen molar-refractivity contribution in [2.45, 2.75) is 13.3 Å². The fraction of sp³-hybridized carbons (Fsp3) is 0.111. The topological polar surface area (TPSA) is 44.1 Å². The number of hydrogen-bond acceptors (Lipinski definition) is 3. The molecule has 7 heteroatoms. The smallest absolute Gasteiger partial charge is 0.347 e. The lowest BCUT2D eigenvalue weighted by Crippen LogP contribution is -2.13. The first-order chi connectivity index (χ1) is 12.0. The Morgan fingerprint density at radius 1 is 1.16 bits per heavy atom. The first kappa shape index (κ1) is 17.5. The van der Waals surface area contributed by atoms with Gasteiger partial charge in [-0.2, -0.15) is 5.10 Å². The van der Waals surface area contributed by atoms with E-state index in [-0.39, 0.29) is 11.4 Å². The van der Waals surface area contributed by atoms with Crippen molar-refractivity contribution in [1.29, 1.82) is 0 Å². The molecule has 128 valence electrons. The molecule has 25 heavy (non-hydrogen) atoms. The first-order valence-corrected chi connectivity index (χ1v) is 8.26. The molecule has 0 N–H and O–H groups in total. The third-order valence-electron chi connectivity index (χ3n) is 3.53. The summed E-state index contributed by atoms with van der Waals surface area (Å²) >= 11 is 12.0. The molecule has 0 bridgehead atoms. The van der Waals surface area contributed by atoms with Gasteiger partial charge in [0.05, 0.1) is 27.0 Å². The van der Waals surface area contributed by atoms with Gasteiger partial charge in [-0.15, -0.1) is 0 Å². The van der Waals surface area contributed by atoms with E-state index in [0.29, 0.717) is 27.8 Å². The largest absolute Gasteiger partial charge is 0.404 e. The molecule has 0 saturated carbocycles. The second kappa shape index (κ2) is 7.25. The summed E-state index contributed by atoms with van der Waals surface area (Å²) in [7, 11) is 0. The number of carbonyl (C=O) groups excluding carboxylic acids is 1. The number of benzene rings is 2. The van der Waals surface area contributed by atoms with Crippen LogP contribution in [0.2, 0.25) is 10.0 Å². The van der Waals surface area contributed by atoms with Crippen LogP contribution in [0.25, 0.3) is 5.69 Å². The molecule has 0 radical (unpaired) electrons. The van der Waals surface area contributed by atoms with E-state index < -0.39 is 11.8 Å². The fourth-order valence-electron chi connectivity index (χ4n) is 2.23. The Morgan fingerprint density at radius 2 is 1.92 bits per heavy atom. The zero-order valence-electron chi connectivity index (χ0n) is 13.2. The number of ether oxygens (including phenoxy) is 1. The van der Waals surface area contributed by atoms with E-state index in [1.807, 2.05) is 6.92 Å². The molecule has 0 aliphatic rings. The number of aryl methyl sites for hydroxylation is 1. The van der Waals surface area contributed by atoms with Crippen LogP contribution >= 0.6 is 23.2 Å². The van der Waals surface area contributed by atoms with Crippen LogP contribution < -0.4 is 4.74 Å². The van der Waals surface area contributed by atoms with Gasteiger partial charge in [0.25, 0.3) is 0 Å². The van der Waals surface area contributed by atoms with Crippen molar-refractivity contribution < 1.29 is 13.9 Å². The van der Waals surface area contributed by atoms with Gasteiger partial charge in [-0.3, -0.25) is 0 Å². The molecule has 3 rings (SSSR count). The van der Waals surface area contributed by atoms with E-state index in [2.05, 4.69) is 5.10 Å². The third-order valence-corrected chi connectivity index (χ3v) is 4.27. The van der Waals surface area contributed by atoms with Crippen LogP contribution in [-0.4, -0.2) is 15.7 Å². The molecule has 1 heterocycles. The fourth-order valence-corrected chi connectivity index (χ4v) is 2.53. The van der Waals surface area contributed by atoms with Crippen LogP contribution in [0.5, 0.6) is 5.88 Å². The standard InChI is InChI=1S/C18H13Cl2FN2O2/c1-2-11-9-17(25-18(24)13-5-3-4-6-16(13)21)23(22-11)12-7-8-14(19)15(20)10-12/h3-10H,2H2,1H3. The summed E-state index contributed by atoms with van der Waals surface area (Å²) in [6, 6.07) is 12.2. The molecule has 2 aromatic carbocycles. The predicted octanol–water partition coefficient (Wildman–Crippen LogP) is 5.10. The summed E-state index contributed by atoms with van der Waals surface area (Å²) in [5, 5.41) is 5.13. The van der Waals surface area contributed by atoms with Gasteiger partial charge in [0.2, 0.25) is 5.88 Å². The minimum atomic E-state index is -0.804. The molecular formula is C18H13Cl2FN2O2. The maximum absolute atomic E-state index is 13.8. The molecule has 3 aromatic rings. The van der Waals surface area contributed by atoms with Crippen LogP contribution in [0.15, 0.2) is 48.5 Å². The van der Waals surface area contributed by atoms with Crippen molar-refractivity contribution in [2.24, 2.45) is 0 Å². The number of nitrogens with zero attached hydrogens (tertiary/aromatic N) is 2. The van der Waals surface area contributed by atoms with Gasteiger partial charge in [0.1, 0.15) is 5.82 Å². The molecule has 0 fully saturated rings. The van der Waals surface area contributed by atoms with Gasteiger partial charge in [0, 0.05) is 6.07 Å². The van der Waals surface area contributed by atoms with Crippen molar-refractivity contribution in [3.8, 4) is 11.6 Å². The molecule has 0 aliphatic heterocycles. The lowest BCUT2D eigenvalue weighted by molar-refractivity contribution is 0.0718. The van der Waals surface area contributed by atoms with Gasteiger partial charge in [0.15, 0.2) is 0 Å². The number of carbonyl (C=O) groups is 1. The highest BCUT2D eigenvalue weighted by Crippen LogP contribution is 2.27. The van der Waals surface area contributed by atoms with Gasteiger partial charge in [-0.25, -0.2) is 13.9 Å². The molecule has 0 unspecified atom stereocenters. The van der Waals surface area contributed by atoms with E-state index in [1.165, 1.54) is 22.9 Å².